The van der Waals surface area contributed by atoms with Crippen molar-refractivity contribution in [3.8, 4) is 0 Å². The molecule has 22 aromatic rings. The molecule has 0 unspecified atom stereocenters. The van der Waals surface area contributed by atoms with Gasteiger partial charge in [0.2, 0.25) is 0 Å². The minimum atomic E-state index is 0.823. The van der Waals surface area contributed by atoms with Gasteiger partial charge in [0.25, 0.3) is 0 Å². The van der Waals surface area contributed by atoms with E-state index in [-0.39, 0.29) is 0 Å². The maximum absolute atomic E-state index is 4.34. The van der Waals surface area contributed by atoms with Crippen LogP contribution < -0.4 is 0 Å². The third-order valence-corrected chi connectivity index (χ3v) is 18.0. The lowest BCUT2D eigenvalue weighted by Gasteiger charge is -1.96. The largest absolute Gasteiger partial charge is 0.264 e. The molecule has 0 fully saturated rings. The van der Waals surface area contributed by atoms with E-state index < -0.39 is 0 Å². The van der Waals surface area contributed by atoms with E-state index in [0.29, 0.717) is 0 Å². The lowest BCUT2D eigenvalue weighted by Crippen LogP contribution is -1.86. The molecule has 0 aliphatic heterocycles. The van der Waals surface area contributed by atoms with Crippen molar-refractivity contribution in [3.63, 3.8) is 0 Å². The third kappa shape index (κ3) is 46.7. The number of pyridine rings is 17. The minimum Gasteiger partial charge on any atom is -0.264 e. The number of aryl methyl sites for hydroxylation is 11. The molecule has 0 radical (unpaired) electrons. The van der Waals surface area contributed by atoms with Crippen molar-refractivity contribution in [2.24, 2.45) is 0 Å². The van der Waals surface area contributed by atoms with E-state index in [1.807, 2.05) is 472 Å². The third-order valence-electron chi connectivity index (χ3n) is 18.0. The number of hydrogen-bond acceptors (Lipinski definition) is 21. The molecular weight excluding hydrogens is 1760 g/mol. The van der Waals surface area contributed by atoms with Crippen LogP contribution in [0.5, 0.6) is 0 Å². The summed E-state index contributed by atoms with van der Waals surface area (Å²) >= 11 is 0. The number of para-hydroxylation sites is 3. The van der Waals surface area contributed by atoms with Gasteiger partial charge in [0, 0.05) is 210 Å². The molecule has 0 aliphatic carbocycles. The summed E-state index contributed by atoms with van der Waals surface area (Å²) in [4.78, 5) is 87.7. The van der Waals surface area contributed by atoms with E-state index in [2.05, 4.69) is 135 Å². The number of nitrogens with zero attached hydrogens (tertiary/aromatic N) is 21. The Kier molecular flexibility index (Phi) is 67.5. The Morgan fingerprint density at radius 2 is 0.455 bits per heavy atom. The van der Waals surface area contributed by atoms with Crippen LogP contribution in [0.4, 0.5) is 0 Å². The second-order valence-electron chi connectivity index (χ2n) is 27.8. The molecule has 21 nitrogen and oxygen atoms in total. The lowest BCUT2D eigenvalue weighted by atomic mass is 10.1. The highest BCUT2D eigenvalue weighted by atomic mass is 14.9. The van der Waals surface area contributed by atoms with Crippen molar-refractivity contribution in [2.75, 3.05) is 0 Å². The second kappa shape index (κ2) is 77.1. The predicted octanol–water partition coefficient (Wildman–Crippen LogP) is 33.2. The normalized spacial score (nSPS) is 9.15. The predicted molar refractivity (Wildman–Crippen MR) is 614 cm³/mol. The Bertz CT molecular complexity index is 5670. The zero-order valence-corrected chi connectivity index (χ0v) is 91.2. The highest BCUT2D eigenvalue weighted by Gasteiger charge is 2.02. The standard InChI is InChI=1S/C10H9N.10C9H8N2.11C2H6/c1-8-6-9-4-2-3-5-10(9)7-11-8;1-7-4-9-5-10-3-2-8(9)6-11-7;1-7-4-8-2-3-10-5-9(8)6-11-7;1-7-2-3-8-6-10-5-4-9(8)11-7;1-7-2-3-8-4-5-10-6-9(8)11-7;1-7-4-5-8-9(11-7)3-2-6-10-8;1-7-4-5-8-3-2-6-10-9(8)11-7;1-7-5-9-8(6-11-7)3-2-4-10-9;1-7-5-8-3-2-4-10-9(8)6-11-7;1-7-10-6-8-4-2-3-5-9(8)11-7;1-7-6-10-8-4-2-3-5-9(8)11-7;11*1-2/h2-7H,1H3;10*2-6H,1H3;11*1-2H3. The van der Waals surface area contributed by atoms with Crippen molar-refractivity contribution in [1.29, 1.82) is 0 Å². The van der Waals surface area contributed by atoms with Crippen LogP contribution in [0.1, 0.15) is 215 Å². The first-order valence-electron chi connectivity index (χ1n) is 50.0. The van der Waals surface area contributed by atoms with Crippen LogP contribution >= 0.6 is 0 Å². The second-order valence-corrected chi connectivity index (χ2v) is 27.8. The van der Waals surface area contributed by atoms with E-state index in [1.54, 1.807) is 68.2 Å². The van der Waals surface area contributed by atoms with Gasteiger partial charge in [-0.05, 0) is 245 Å². The SMILES string of the molecule is CC.CC.CC.CC.CC.CC.CC.CC.CC.CC.CC.Cc1cc2ccccc2cn1.Cc1cc2cccnc2cn1.Cc1cc2ccncc2cn1.Cc1cc2cnccc2cn1.Cc1cc2ncccc2cn1.Cc1ccc2cccnc2n1.Cc1ccc2ccncc2n1.Cc1ccc2cnccc2n1.Cc1ccc2ncccc2n1.Cc1cnc2ccccc2n1.Cc1ncc2ccccc2n1. The highest BCUT2D eigenvalue weighted by Crippen LogP contribution is 2.19. The molecule has 0 bridgehead atoms. The summed E-state index contributed by atoms with van der Waals surface area (Å²) in [5, 5.41) is 13.7. The van der Waals surface area contributed by atoms with Crippen LogP contribution in [0.3, 0.4) is 0 Å². The molecule has 0 saturated heterocycles. The van der Waals surface area contributed by atoms with E-state index in [1.165, 1.54) is 16.2 Å². The summed E-state index contributed by atoms with van der Waals surface area (Å²) in [5.74, 6) is 0.823. The molecule has 748 valence electrons. The first kappa shape index (κ1) is 125. The van der Waals surface area contributed by atoms with Gasteiger partial charge in [0.15, 0.2) is 5.65 Å². The maximum atomic E-state index is 4.34. The molecule has 21 heteroatoms. The first-order valence-corrected chi connectivity index (χ1v) is 50.0. The quantitative estimate of drug-likeness (QED) is 0.136. The fourth-order valence-corrected chi connectivity index (χ4v) is 11.9. The molecule has 0 saturated carbocycles. The molecule has 0 amide bonds. The maximum Gasteiger partial charge on any atom is 0.159 e. The topological polar surface area (TPSA) is 271 Å². The van der Waals surface area contributed by atoms with Gasteiger partial charge in [-0.15, -0.1) is 0 Å². The molecule has 0 N–H and O–H groups in total. The van der Waals surface area contributed by atoms with Crippen molar-refractivity contribution in [1.82, 2.24) is 105 Å². The first-order chi connectivity index (χ1) is 70.0. The molecular formula is C122H155N21. The molecule has 19 heterocycles. The van der Waals surface area contributed by atoms with E-state index in [0.717, 1.165) is 167 Å². The molecule has 3 aromatic carbocycles. The monoisotopic (exact) mass is 1910 g/mol. The fourth-order valence-electron chi connectivity index (χ4n) is 11.9. The van der Waals surface area contributed by atoms with Gasteiger partial charge in [0.1, 0.15) is 5.82 Å². The Labute approximate surface area is 852 Å². The zero-order chi connectivity index (χ0) is 106. The molecule has 143 heavy (non-hydrogen) atoms. The van der Waals surface area contributed by atoms with Gasteiger partial charge >= 0.3 is 0 Å². The summed E-state index contributed by atoms with van der Waals surface area (Å²) in [5.41, 5.74) is 19.9. The van der Waals surface area contributed by atoms with Crippen molar-refractivity contribution in [3.05, 3.63) is 405 Å². The fraction of sp³-hybridized carbons (Fsp3) is 0.270. The Balaban J connectivity index is 0.000000771. The summed E-state index contributed by atoms with van der Waals surface area (Å²) in [6.45, 7) is 65.7. The van der Waals surface area contributed by atoms with E-state index in [9.17, 15) is 0 Å². The van der Waals surface area contributed by atoms with Crippen molar-refractivity contribution in [2.45, 2.75) is 228 Å². The van der Waals surface area contributed by atoms with E-state index >= 15 is 0 Å². The van der Waals surface area contributed by atoms with Gasteiger partial charge in [-0.25, -0.2) is 24.9 Å². The Morgan fingerprint density at radius 1 is 0.133 bits per heavy atom. The number of fused-ring (bicyclic) bond motifs is 11. The zero-order valence-electron chi connectivity index (χ0n) is 91.2. The van der Waals surface area contributed by atoms with Gasteiger partial charge in [-0.3, -0.25) is 79.7 Å². The van der Waals surface area contributed by atoms with Crippen LogP contribution in [0.25, 0.3) is 120 Å². The van der Waals surface area contributed by atoms with Crippen LogP contribution in [-0.4, -0.2) is 105 Å². The van der Waals surface area contributed by atoms with Crippen LogP contribution in [0.15, 0.2) is 342 Å². The van der Waals surface area contributed by atoms with Crippen LogP contribution in [-0.2, 0) is 0 Å². The van der Waals surface area contributed by atoms with Crippen LogP contribution in [0.2, 0.25) is 0 Å². The van der Waals surface area contributed by atoms with Crippen LogP contribution in [0, 0.1) is 76.2 Å². The van der Waals surface area contributed by atoms with Crippen molar-refractivity contribution < 1.29 is 0 Å². The van der Waals surface area contributed by atoms with Gasteiger partial charge in [-0.1, -0.05) is 219 Å². The van der Waals surface area contributed by atoms with Gasteiger partial charge in [-0.2, -0.15) is 0 Å². The van der Waals surface area contributed by atoms with Gasteiger partial charge < -0.3 is 0 Å². The summed E-state index contributed by atoms with van der Waals surface area (Å²) < 4.78 is 0. The number of benzene rings is 3. The number of hydrogen-bond donors (Lipinski definition) is 0. The summed E-state index contributed by atoms with van der Waals surface area (Å²) in [6.07, 6.45) is 34.4. The van der Waals surface area contributed by atoms with E-state index in [4.69, 9.17) is 0 Å². The minimum absolute atomic E-state index is 0.823. The van der Waals surface area contributed by atoms with Crippen molar-refractivity contribution >= 4 is 120 Å². The van der Waals surface area contributed by atoms with Gasteiger partial charge in [0.05, 0.1) is 67.7 Å². The Hall–Kier alpha value is -15.8. The molecule has 0 atom stereocenters. The smallest absolute Gasteiger partial charge is 0.159 e. The summed E-state index contributed by atoms with van der Waals surface area (Å²) in [6, 6.07) is 73.8. The average Bonchev–Trinajstić information content (AvgIpc) is 0.929. The molecule has 0 aliphatic rings. The number of rotatable bonds is 0. The number of aromatic nitrogens is 21. The molecule has 19 aromatic heterocycles. The lowest BCUT2D eigenvalue weighted by molar-refractivity contribution is 1.09. The average molecular weight is 1920 g/mol. The molecule has 0 spiro atoms. The Morgan fingerprint density at radius 3 is 1.05 bits per heavy atom. The highest BCUT2D eigenvalue weighted by molar-refractivity contribution is 5.85. The molecule has 22 rings (SSSR count). The summed E-state index contributed by atoms with van der Waals surface area (Å²) in [7, 11) is 0.